The summed E-state index contributed by atoms with van der Waals surface area (Å²) in [5, 5.41) is 2.80. The van der Waals surface area contributed by atoms with Crippen molar-refractivity contribution in [3.63, 3.8) is 0 Å². The molecular weight excluding hydrogens is 483 g/mol. The average Bonchev–Trinajstić information content (AvgIpc) is 2.79. The highest BCUT2D eigenvalue weighted by Gasteiger charge is 2.20. The molecule has 0 saturated heterocycles. The van der Waals surface area contributed by atoms with Gasteiger partial charge in [0.05, 0.1) is 41.4 Å². The Labute approximate surface area is 202 Å². The number of nitrogens with one attached hydrogen (secondary N) is 1. The van der Waals surface area contributed by atoms with Gasteiger partial charge in [-0.15, -0.1) is 0 Å². The standard InChI is InChI=1S/C24H22ClFN2O5S/c1-3-33-24(30)17-10-13-22(20(25)14-17)27-23(29)16-8-11-19(12-9-16)28(34(2,31)32)15-18-6-4-5-7-21(18)26/h4-14H,3,15H2,1-2H3,(H,27,29). The van der Waals surface area contributed by atoms with Gasteiger partial charge in [0.15, 0.2) is 0 Å². The molecule has 3 aromatic rings. The normalized spacial score (nSPS) is 11.1. The number of anilines is 2. The van der Waals surface area contributed by atoms with Crippen LogP contribution in [0.2, 0.25) is 5.02 Å². The Morgan fingerprint density at radius 1 is 1.03 bits per heavy atom. The molecule has 3 rings (SSSR count). The Balaban J connectivity index is 1.78. The van der Waals surface area contributed by atoms with Crippen LogP contribution in [-0.4, -0.2) is 33.2 Å². The van der Waals surface area contributed by atoms with Crippen LogP contribution in [0, 0.1) is 5.82 Å². The Morgan fingerprint density at radius 2 is 1.68 bits per heavy atom. The van der Waals surface area contributed by atoms with Gasteiger partial charge in [-0.2, -0.15) is 0 Å². The molecular formula is C24H22ClFN2O5S. The number of benzene rings is 3. The highest BCUT2D eigenvalue weighted by atomic mass is 35.5. The van der Waals surface area contributed by atoms with E-state index in [-0.39, 0.29) is 40.6 Å². The molecule has 0 aliphatic rings. The molecule has 0 heterocycles. The third-order valence-electron chi connectivity index (χ3n) is 4.82. The number of hydrogen-bond acceptors (Lipinski definition) is 5. The van der Waals surface area contributed by atoms with E-state index in [1.165, 1.54) is 60.7 Å². The second kappa shape index (κ2) is 10.7. The summed E-state index contributed by atoms with van der Waals surface area (Å²) in [6.45, 7) is 1.72. The van der Waals surface area contributed by atoms with Crippen LogP contribution >= 0.6 is 11.6 Å². The zero-order chi connectivity index (χ0) is 24.9. The highest BCUT2D eigenvalue weighted by Crippen LogP contribution is 2.26. The SMILES string of the molecule is CCOC(=O)c1ccc(NC(=O)c2ccc(N(Cc3ccccc3F)S(C)(=O)=O)cc2)c(Cl)c1. The fraction of sp³-hybridized carbons (Fsp3) is 0.167. The van der Waals surface area contributed by atoms with E-state index >= 15 is 0 Å². The van der Waals surface area contributed by atoms with Gasteiger partial charge in [-0.05, 0) is 55.5 Å². The Morgan fingerprint density at radius 3 is 2.26 bits per heavy atom. The molecule has 0 spiro atoms. The van der Waals surface area contributed by atoms with Crippen molar-refractivity contribution in [2.75, 3.05) is 22.5 Å². The lowest BCUT2D eigenvalue weighted by atomic mass is 10.1. The molecule has 1 amide bonds. The molecule has 0 radical (unpaired) electrons. The van der Waals surface area contributed by atoms with Crippen LogP contribution in [0.15, 0.2) is 66.7 Å². The lowest BCUT2D eigenvalue weighted by Gasteiger charge is -2.23. The van der Waals surface area contributed by atoms with Crippen molar-refractivity contribution in [1.82, 2.24) is 0 Å². The molecule has 0 fully saturated rings. The molecule has 34 heavy (non-hydrogen) atoms. The third-order valence-corrected chi connectivity index (χ3v) is 6.27. The van der Waals surface area contributed by atoms with Gasteiger partial charge in [0.25, 0.3) is 5.91 Å². The monoisotopic (exact) mass is 504 g/mol. The molecule has 0 aliphatic heterocycles. The predicted molar refractivity (Wildman–Crippen MR) is 129 cm³/mol. The molecule has 7 nitrogen and oxygen atoms in total. The lowest BCUT2D eigenvalue weighted by molar-refractivity contribution is 0.0526. The maximum absolute atomic E-state index is 14.1. The summed E-state index contributed by atoms with van der Waals surface area (Å²) in [5.74, 6) is -1.53. The van der Waals surface area contributed by atoms with E-state index in [1.54, 1.807) is 13.0 Å². The van der Waals surface area contributed by atoms with Gasteiger partial charge in [-0.25, -0.2) is 17.6 Å². The van der Waals surface area contributed by atoms with Gasteiger partial charge in [0.1, 0.15) is 5.82 Å². The topological polar surface area (TPSA) is 92.8 Å². The quantitative estimate of drug-likeness (QED) is 0.442. The zero-order valence-electron chi connectivity index (χ0n) is 18.4. The van der Waals surface area contributed by atoms with Crippen LogP contribution in [0.4, 0.5) is 15.8 Å². The van der Waals surface area contributed by atoms with Crippen LogP contribution in [0.5, 0.6) is 0 Å². The number of carbonyl (C=O) groups is 2. The van der Waals surface area contributed by atoms with E-state index in [9.17, 15) is 22.4 Å². The first-order valence-electron chi connectivity index (χ1n) is 10.2. The molecule has 0 saturated carbocycles. The van der Waals surface area contributed by atoms with Crippen LogP contribution < -0.4 is 9.62 Å². The van der Waals surface area contributed by atoms with Crippen LogP contribution in [0.1, 0.15) is 33.2 Å². The zero-order valence-corrected chi connectivity index (χ0v) is 20.0. The maximum atomic E-state index is 14.1. The fourth-order valence-electron chi connectivity index (χ4n) is 3.11. The van der Waals surface area contributed by atoms with E-state index in [0.29, 0.717) is 5.69 Å². The molecule has 0 unspecified atom stereocenters. The van der Waals surface area contributed by atoms with Gasteiger partial charge < -0.3 is 10.1 Å². The molecule has 10 heteroatoms. The van der Waals surface area contributed by atoms with Crippen molar-refractivity contribution in [2.24, 2.45) is 0 Å². The number of esters is 1. The summed E-state index contributed by atoms with van der Waals surface area (Å²) in [4.78, 5) is 24.5. The minimum atomic E-state index is -3.72. The minimum absolute atomic E-state index is 0.156. The van der Waals surface area contributed by atoms with Gasteiger partial charge in [0, 0.05) is 11.1 Å². The molecule has 1 N–H and O–H groups in total. The number of nitrogens with zero attached hydrogens (tertiary/aromatic N) is 1. The van der Waals surface area contributed by atoms with Crippen molar-refractivity contribution < 1.29 is 27.1 Å². The number of sulfonamides is 1. The molecule has 0 aliphatic carbocycles. The van der Waals surface area contributed by atoms with E-state index in [2.05, 4.69) is 5.32 Å². The number of hydrogen-bond donors (Lipinski definition) is 1. The van der Waals surface area contributed by atoms with Crippen molar-refractivity contribution in [3.05, 3.63) is 94.3 Å². The summed E-state index contributed by atoms with van der Waals surface area (Å²) in [7, 11) is -3.72. The fourth-order valence-corrected chi connectivity index (χ4v) is 4.22. The molecule has 0 bridgehead atoms. The summed E-state index contributed by atoms with van der Waals surface area (Å²) >= 11 is 6.19. The largest absolute Gasteiger partial charge is 0.462 e. The van der Waals surface area contributed by atoms with Crippen molar-refractivity contribution in [1.29, 1.82) is 0 Å². The first kappa shape index (κ1) is 25.2. The lowest BCUT2D eigenvalue weighted by Crippen LogP contribution is -2.29. The van der Waals surface area contributed by atoms with Gasteiger partial charge in [-0.1, -0.05) is 29.8 Å². The Kier molecular flexibility index (Phi) is 7.90. The number of amides is 1. The Bertz CT molecular complexity index is 1310. The van der Waals surface area contributed by atoms with E-state index < -0.39 is 27.7 Å². The molecule has 0 aromatic heterocycles. The van der Waals surface area contributed by atoms with E-state index in [1.807, 2.05) is 0 Å². The van der Waals surface area contributed by atoms with Crippen molar-refractivity contribution >= 4 is 44.9 Å². The number of rotatable bonds is 8. The molecule has 0 atom stereocenters. The smallest absolute Gasteiger partial charge is 0.338 e. The Hall–Kier alpha value is -3.43. The first-order valence-corrected chi connectivity index (χ1v) is 12.4. The van der Waals surface area contributed by atoms with Gasteiger partial charge >= 0.3 is 5.97 Å². The predicted octanol–water partition coefficient (Wildman–Crippen LogP) is 4.87. The third kappa shape index (κ3) is 6.12. The average molecular weight is 505 g/mol. The minimum Gasteiger partial charge on any atom is -0.462 e. The second-order valence-electron chi connectivity index (χ2n) is 7.28. The second-order valence-corrected chi connectivity index (χ2v) is 9.59. The van der Waals surface area contributed by atoms with Gasteiger partial charge in [-0.3, -0.25) is 9.10 Å². The van der Waals surface area contributed by atoms with Crippen LogP contribution in [0.3, 0.4) is 0 Å². The molecule has 178 valence electrons. The summed E-state index contributed by atoms with van der Waals surface area (Å²) in [6, 6.07) is 16.1. The van der Waals surface area contributed by atoms with Gasteiger partial charge in [0.2, 0.25) is 10.0 Å². The number of carbonyl (C=O) groups excluding carboxylic acids is 2. The van der Waals surface area contributed by atoms with Crippen LogP contribution in [0.25, 0.3) is 0 Å². The summed E-state index contributed by atoms with van der Waals surface area (Å²) < 4.78 is 44.7. The van der Waals surface area contributed by atoms with Crippen molar-refractivity contribution in [2.45, 2.75) is 13.5 Å². The van der Waals surface area contributed by atoms with Crippen LogP contribution in [-0.2, 0) is 21.3 Å². The summed E-state index contributed by atoms with van der Waals surface area (Å²) in [5.41, 5.74) is 1.29. The maximum Gasteiger partial charge on any atom is 0.338 e. The summed E-state index contributed by atoms with van der Waals surface area (Å²) in [6.07, 6.45) is 1.02. The van der Waals surface area contributed by atoms with Crippen molar-refractivity contribution in [3.8, 4) is 0 Å². The first-order chi connectivity index (χ1) is 16.1. The number of halogens is 2. The van der Waals surface area contributed by atoms with E-state index in [0.717, 1.165) is 10.6 Å². The highest BCUT2D eigenvalue weighted by molar-refractivity contribution is 7.92. The number of ether oxygens (including phenoxy) is 1. The van der Waals surface area contributed by atoms with E-state index in [4.69, 9.17) is 16.3 Å². The molecule has 3 aromatic carbocycles.